The van der Waals surface area contributed by atoms with Crippen LogP contribution in [-0.2, 0) is 9.59 Å². The number of hydrazone groups is 1. The maximum atomic E-state index is 12.7. The van der Waals surface area contributed by atoms with E-state index in [1.807, 2.05) is 0 Å². The molecule has 0 bridgehead atoms. The lowest BCUT2D eigenvalue weighted by atomic mass is 10.2. The SMILES string of the molecule is CC(=O)Nc1ccc(C(=O)N/N=C/c2ccccc2OC(=O)/C=C/c2ccccc2OC(=O)c2ccc(Cl)cc2Cl)cc1. The Bertz CT molecular complexity index is 1740. The molecule has 4 aromatic carbocycles. The van der Waals surface area contributed by atoms with Crippen LogP contribution in [0, 0.1) is 0 Å². The summed E-state index contributed by atoms with van der Waals surface area (Å²) in [4.78, 5) is 48.9. The monoisotopic (exact) mass is 615 g/mol. The Balaban J connectivity index is 1.39. The number of hydrogen-bond acceptors (Lipinski definition) is 7. The normalized spacial score (nSPS) is 10.9. The van der Waals surface area contributed by atoms with Gasteiger partial charge in [0.15, 0.2) is 0 Å². The van der Waals surface area contributed by atoms with E-state index in [-0.39, 0.29) is 28.0 Å². The molecule has 0 aliphatic heterocycles. The number of para-hydroxylation sites is 2. The number of amides is 2. The lowest BCUT2D eigenvalue weighted by molar-refractivity contribution is -0.128. The fraction of sp³-hybridized carbons (Fsp3) is 0.0312. The number of nitrogens with one attached hydrogen (secondary N) is 2. The van der Waals surface area contributed by atoms with Gasteiger partial charge in [-0.1, -0.05) is 53.5 Å². The molecule has 0 aliphatic rings. The van der Waals surface area contributed by atoms with Crippen LogP contribution in [0.25, 0.3) is 6.08 Å². The minimum atomic E-state index is -0.703. The molecule has 2 amide bonds. The third kappa shape index (κ3) is 8.87. The molecule has 0 atom stereocenters. The maximum absolute atomic E-state index is 12.7. The number of carbonyl (C=O) groups excluding carboxylic acids is 4. The summed E-state index contributed by atoms with van der Waals surface area (Å²) >= 11 is 12.0. The zero-order valence-electron chi connectivity index (χ0n) is 22.5. The van der Waals surface area contributed by atoms with Crippen LogP contribution in [0.5, 0.6) is 11.5 Å². The van der Waals surface area contributed by atoms with Gasteiger partial charge in [0.05, 0.1) is 16.8 Å². The van der Waals surface area contributed by atoms with E-state index in [9.17, 15) is 19.2 Å². The molecule has 11 heteroatoms. The molecule has 0 unspecified atom stereocenters. The molecule has 9 nitrogen and oxygen atoms in total. The van der Waals surface area contributed by atoms with Gasteiger partial charge in [-0.2, -0.15) is 5.10 Å². The first-order chi connectivity index (χ1) is 20.7. The number of halogens is 2. The highest BCUT2D eigenvalue weighted by atomic mass is 35.5. The van der Waals surface area contributed by atoms with E-state index in [0.29, 0.717) is 27.4 Å². The Hall–Kier alpha value is -5.25. The van der Waals surface area contributed by atoms with Crippen molar-refractivity contribution >= 4 is 64.9 Å². The standard InChI is InChI=1S/C32H23Cl2N3O6/c1-20(38)36-25-14-10-22(11-15-25)31(40)37-35-19-23-7-3-5-9-29(23)42-30(39)17-12-21-6-2-4-8-28(21)43-32(41)26-16-13-24(33)18-27(26)34/h2-19H,1H3,(H,36,38)(H,37,40)/b17-12+,35-19+. The van der Waals surface area contributed by atoms with E-state index in [0.717, 1.165) is 0 Å². The summed E-state index contributed by atoms with van der Waals surface area (Å²) < 4.78 is 11.0. The molecule has 0 heterocycles. The number of ether oxygens (including phenoxy) is 2. The molecule has 0 fully saturated rings. The smallest absolute Gasteiger partial charge is 0.345 e. The Morgan fingerprint density at radius 1 is 0.791 bits per heavy atom. The Labute approximate surface area is 256 Å². The van der Waals surface area contributed by atoms with Crippen molar-refractivity contribution in [2.75, 3.05) is 5.32 Å². The van der Waals surface area contributed by atoms with E-state index in [1.165, 1.54) is 43.5 Å². The van der Waals surface area contributed by atoms with Gasteiger partial charge in [-0.3, -0.25) is 9.59 Å². The molecule has 4 rings (SSSR count). The van der Waals surface area contributed by atoms with E-state index >= 15 is 0 Å². The average Bonchev–Trinajstić information content (AvgIpc) is 2.97. The zero-order valence-corrected chi connectivity index (χ0v) is 24.1. The molecule has 0 spiro atoms. The summed E-state index contributed by atoms with van der Waals surface area (Å²) in [6.07, 6.45) is 3.97. The quantitative estimate of drug-likeness (QED) is 0.0723. The van der Waals surface area contributed by atoms with Crippen molar-refractivity contribution in [3.63, 3.8) is 0 Å². The second-order valence-corrected chi connectivity index (χ2v) is 9.65. The largest absolute Gasteiger partial charge is 0.423 e. The Kier molecular flexibility index (Phi) is 10.4. The fourth-order valence-electron chi connectivity index (χ4n) is 3.63. The van der Waals surface area contributed by atoms with Crippen molar-refractivity contribution in [3.05, 3.63) is 129 Å². The van der Waals surface area contributed by atoms with Gasteiger partial charge >= 0.3 is 11.9 Å². The van der Waals surface area contributed by atoms with Gasteiger partial charge in [-0.05, 0) is 66.7 Å². The van der Waals surface area contributed by atoms with Crippen molar-refractivity contribution in [1.82, 2.24) is 5.43 Å². The first-order valence-corrected chi connectivity index (χ1v) is 13.4. The van der Waals surface area contributed by atoms with Crippen LogP contribution in [0.1, 0.15) is 38.8 Å². The molecule has 2 N–H and O–H groups in total. The van der Waals surface area contributed by atoms with Crippen molar-refractivity contribution in [2.45, 2.75) is 6.92 Å². The van der Waals surface area contributed by atoms with Gasteiger partial charge in [0.1, 0.15) is 11.5 Å². The predicted molar refractivity (Wildman–Crippen MR) is 165 cm³/mol. The number of rotatable bonds is 9. The molecule has 216 valence electrons. The zero-order chi connectivity index (χ0) is 30.8. The number of carbonyl (C=O) groups is 4. The van der Waals surface area contributed by atoms with Gasteiger partial charge in [-0.25, -0.2) is 15.0 Å². The van der Waals surface area contributed by atoms with E-state index in [1.54, 1.807) is 72.8 Å². The molecule has 43 heavy (non-hydrogen) atoms. The molecule has 0 aromatic heterocycles. The highest BCUT2D eigenvalue weighted by Gasteiger charge is 2.15. The summed E-state index contributed by atoms with van der Waals surface area (Å²) in [6.45, 7) is 1.39. The highest BCUT2D eigenvalue weighted by molar-refractivity contribution is 6.36. The second-order valence-electron chi connectivity index (χ2n) is 8.80. The van der Waals surface area contributed by atoms with Crippen molar-refractivity contribution in [1.29, 1.82) is 0 Å². The lowest BCUT2D eigenvalue weighted by Crippen LogP contribution is -2.17. The molecule has 0 radical (unpaired) electrons. The Morgan fingerprint density at radius 3 is 2.12 bits per heavy atom. The summed E-state index contributed by atoms with van der Waals surface area (Å²) in [5.74, 6) is -1.68. The van der Waals surface area contributed by atoms with Gasteiger partial charge in [0, 0.05) is 40.4 Å². The van der Waals surface area contributed by atoms with Crippen LogP contribution in [-0.4, -0.2) is 30.0 Å². The average molecular weight is 616 g/mol. The fourth-order valence-corrected chi connectivity index (χ4v) is 4.12. The second kappa shape index (κ2) is 14.6. The van der Waals surface area contributed by atoms with Crippen molar-refractivity contribution < 1.29 is 28.7 Å². The number of esters is 2. The Morgan fingerprint density at radius 2 is 1.44 bits per heavy atom. The van der Waals surface area contributed by atoms with E-state index in [2.05, 4.69) is 15.8 Å². The molecular formula is C32H23Cl2N3O6. The van der Waals surface area contributed by atoms with Gasteiger partial charge in [0.25, 0.3) is 5.91 Å². The predicted octanol–water partition coefficient (Wildman–Crippen LogP) is 6.55. The van der Waals surface area contributed by atoms with Gasteiger partial charge in [0.2, 0.25) is 5.91 Å². The lowest BCUT2D eigenvalue weighted by Gasteiger charge is -2.09. The molecule has 0 saturated heterocycles. The number of nitrogens with zero attached hydrogens (tertiary/aromatic N) is 1. The summed E-state index contributed by atoms with van der Waals surface area (Å²) in [7, 11) is 0. The highest BCUT2D eigenvalue weighted by Crippen LogP contribution is 2.25. The summed E-state index contributed by atoms with van der Waals surface area (Å²) in [5.41, 5.74) is 4.31. The third-order valence-electron chi connectivity index (χ3n) is 5.64. The molecule has 4 aromatic rings. The van der Waals surface area contributed by atoms with Crippen LogP contribution in [0.4, 0.5) is 5.69 Å². The minimum absolute atomic E-state index is 0.138. The van der Waals surface area contributed by atoms with Crippen molar-refractivity contribution in [2.24, 2.45) is 5.10 Å². The van der Waals surface area contributed by atoms with Crippen LogP contribution in [0.15, 0.2) is 102 Å². The molecule has 0 aliphatic carbocycles. The summed E-state index contributed by atoms with van der Waals surface area (Å²) in [5, 5.41) is 7.11. The summed E-state index contributed by atoms with van der Waals surface area (Å²) in [6, 6.07) is 24.0. The van der Waals surface area contributed by atoms with Crippen LogP contribution in [0.2, 0.25) is 10.0 Å². The maximum Gasteiger partial charge on any atom is 0.345 e. The van der Waals surface area contributed by atoms with Crippen LogP contribution >= 0.6 is 23.2 Å². The first kappa shape index (κ1) is 30.7. The van der Waals surface area contributed by atoms with E-state index < -0.39 is 17.8 Å². The first-order valence-electron chi connectivity index (χ1n) is 12.7. The van der Waals surface area contributed by atoms with Crippen molar-refractivity contribution in [3.8, 4) is 11.5 Å². The third-order valence-corrected chi connectivity index (χ3v) is 6.19. The van der Waals surface area contributed by atoms with E-state index in [4.69, 9.17) is 32.7 Å². The number of hydrogen-bond donors (Lipinski definition) is 2. The topological polar surface area (TPSA) is 123 Å². The number of anilines is 1. The van der Waals surface area contributed by atoms with Crippen LogP contribution < -0.4 is 20.2 Å². The van der Waals surface area contributed by atoms with Gasteiger partial charge < -0.3 is 14.8 Å². The molecular weight excluding hydrogens is 593 g/mol. The minimum Gasteiger partial charge on any atom is -0.423 e. The van der Waals surface area contributed by atoms with Crippen LogP contribution in [0.3, 0.4) is 0 Å². The van der Waals surface area contributed by atoms with Gasteiger partial charge in [-0.15, -0.1) is 0 Å². The molecule has 0 saturated carbocycles. The number of benzene rings is 4.